The summed E-state index contributed by atoms with van der Waals surface area (Å²) in [6.07, 6.45) is 0. The topological polar surface area (TPSA) is 74.4 Å². The van der Waals surface area contributed by atoms with Crippen LogP contribution in [0, 0.1) is 22.7 Å². The molecule has 1 amide bonds. The lowest BCUT2D eigenvalue weighted by molar-refractivity contribution is -0.132. The van der Waals surface area contributed by atoms with Crippen molar-refractivity contribution in [2.75, 3.05) is 51.7 Å². The maximum absolute atomic E-state index is 12.1. The third kappa shape index (κ3) is 3.36. The lowest BCUT2D eigenvalue weighted by Crippen LogP contribution is -2.51. The number of anilines is 1. The first-order chi connectivity index (χ1) is 10.6. The fraction of sp³-hybridized carbons (Fsp3) is 0.438. The van der Waals surface area contributed by atoms with Crippen LogP contribution < -0.4 is 4.90 Å². The molecule has 0 atom stereocenters. The Hall–Kier alpha value is -2.57. The molecule has 6 heteroatoms. The molecule has 22 heavy (non-hydrogen) atoms. The highest BCUT2D eigenvalue weighted by Crippen LogP contribution is 2.25. The van der Waals surface area contributed by atoms with Crippen LogP contribution in [0.5, 0.6) is 0 Å². The Morgan fingerprint density at radius 3 is 2.14 bits per heavy atom. The monoisotopic (exact) mass is 297 g/mol. The second-order valence-electron chi connectivity index (χ2n) is 5.53. The molecule has 1 heterocycles. The normalized spacial score (nSPS) is 14.6. The Balaban J connectivity index is 2.12. The Morgan fingerprint density at radius 2 is 1.68 bits per heavy atom. The largest absolute Gasteiger partial charge is 0.366 e. The Bertz CT molecular complexity index is 601. The van der Waals surface area contributed by atoms with Gasteiger partial charge in [-0.15, -0.1) is 0 Å². The molecule has 0 aromatic heterocycles. The van der Waals surface area contributed by atoms with Gasteiger partial charge in [-0.05, 0) is 26.2 Å². The summed E-state index contributed by atoms with van der Waals surface area (Å²) >= 11 is 0. The fourth-order valence-electron chi connectivity index (χ4n) is 2.61. The molecule has 0 saturated carbocycles. The molecular weight excluding hydrogens is 278 g/mol. The van der Waals surface area contributed by atoms with E-state index in [1.54, 1.807) is 18.2 Å². The minimum Gasteiger partial charge on any atom is -0.366 e. The van der Waals surface area contributed by atoms with Crippen LogP contribution in [0.2, 0.25) is 0 Å². The van der Waals surface area contributed by atoms with Gasteiger partial charge in [0.1, 0.15) is 12.1 Å². The number of nitriles is 2. The van der Waals surface area contributed by atoms with Crippen LogP contribution in [0.15, 0.2) is 18.2 Å². The summed E-state index contributed by atoms with van der Waals surface area (Å²) in [5, 5.41) is 18.5. The van der Waals surface area contributed by atoms with Gasteiger partial charge in [0.25, 0.3) is 0 Å². The van der Waals surface area contributed by atoms with Gasteiger partial charge in [-0.3, -0.25) is 4.79 Å². The highest BCUT2D eigenvalue weighted by molar-refractivity contribution is 5.78. The van der Waals surface area contributed by atoms with Gasteiger partial charge in [0.15, 0.2) is 0 Å². The van der Waals surface area contributed by atoms with Crippen LogP contribution in [0.3, 0.4) is 0 Å². The summed E-state index contributed by atoms with van der Waals surface area (Å²) in [4.78, 5) is 17.8. The third-order valence-corrected chi connectivity index (χ3v) is 3.68. The Morgan fingerprint density at radius 1 is 1.14 bits per heavy atom. The van der Waals surface area contributed by atoms with Crippen molar-refractivity contribution < 1.29 is 4.79 Å². The zero-order valence-electron chi connectivity index (χ0n) is 12.9. The van der Waals surface area contributed by atoms with Crippen molar-refractivity contribution in [1.29, 1.82) is 10.5 Å². The van der Waals surface area contributed by atoms with E-state index in [0.29, 0.717) is 49.5 Å². The molecule has 1 fully saturated rings. The standard InChI is InChI=1S/C16H19N5O/c1-19(2)12-15(22)20-6-8-21(9-7-20)16-13(10-17)4-3-5-14(16)11-18/h3-5H,6-9,12H2,1-2H3. The van der Waals surface area contributed by atoms with Gasteiger partial charge >= 0.3 is 0 Å². The molecule has 1 aromatic rings. The zero-order chi connectivity index (χ0) is 16.1. The van der Waals surface area contributed by atoms with Crippen molar-refractivity contribution in [3.63, 3.8) is 0 Å². The number of amides is 1. The van der Waals surface area contributed by atoms with Crippen molar-refractivity contribution >= 4 is 11.6 Å². The molecule has 0 aliphatic carbocycles. The first-order valence-electron chi connectivity index (χ1n) is 7.17. The van der Waals surface area contributed by atoms with Gasteiger partial charge in [-0.1, -0.05) is 6.07 Å². The summed E-state index contributed by atoms with van der Waals surface area (Å²) in [5.74, 6) is 0.110. The van der Waals surface area contributed by atoms with Crippen molar-refractivity contribution in [2.45, 2.75) is 0 Å². The SMILES string of the molecule is CN(C)CC(=O)N1CCN(c2c(C#N)cccc2C#N)CC1. The minimum absolute atomic E-state index is 0.110. The number of nitrogens with zero attached hydrogens (tertiary/aromatic N) is 5. The van der Waals surface area contributed by atoms with Crippen LogP contribution in [0.4, 0.5) is 5.69 Å². The van der Waals surface area contributed by atoms with Crippen molar-refractivity contribution in [1.82, 2.24) is 9.80 Å². The first-order valence-corrected chi connectivity index (χ1v) is 7.17. The molecule has 1 aromatic carbocycles. The maximum atomic E-state index is 12.1. The molecular formula is C16H19N5O. The van der Waals surface area contributed by atoms with Crippen molar-refractivity contribution in [2.24, 2.45) is 0 Å². The molecule has 0 N–H and O–H groups in total. The van der Waals surface area contributed by atoms with E-state index in [4.69, 9.17) is 0 Å². The van der Waals surface area contributed by atoms with Crippen LogP contribution in [-0.2, 0) is 4.79 Å². The lowest BCUT2D eigenvalue weighted by Gasteiger charge is -2.37. The van der Waals surface area contributed by atoms with E-state index >= 15 is 0 Å². The fourth-order valence-corrected chi connectivity index (χ4v) is 2.61. The second-order valence-corrected chi connectivity index (χ2v) is 5.53. The molecule has 114 valence electrons. The smallest absolute Gasteiger partial charge is 0.236 e. The van der Waals surface area contributed by atoms with Gasteiger partial charge in [0, 0.05) is 26.2 Å². The number of hydrogen-bond acceptors (Lipinski definition) is 5. The minimum atomic E-state index is 0.110. The van der Waals surface area contributed by atoms with E-state index in [1.165, 1.54) is 0 Å². The highest BCUT2D eigenvalue weighted by Gasteiger charge is 2.24. The summed E-state index contributed by atoms with van der Waals surface area (Å²) in [7, 11) is 3.74. The number of carbonyl (C=O) groups is 1. The Kier molecular flexibility index (Phi) is 4.98. The number of piperazine rings is 1. The number of rotatable bonds is 3. The summed E-state index contributed by atoms with van der Waals surface area (Å²) < 4.78 is 0. The van der Waals surface area contributed by atoms with E-state index < -0.39 is 0 Å². The average Bonchev–Trinajstić information content (AvgIpc) is 2.53. The number of hydrogen-bond donors (Lipinski definition) is 0. The molecule has 0 spiro atoms. The van der Waals surface area contributed by atoms with Gasteiger partial charge in [0.05, 0.1) is 23.4 Å². The lowest BCUT2D eigenvalue weighted by atomic mass is 10.1. The summed E-state index contributed by atoms with van der Waals surface area (Å²) in [6, 6.07) is 9.46. The number of para-hydroxylation sites is 1. The molecule has 1 aliphatic rings. The third-order valence-electron chi connectivity index (χ3n) is 3.68. The quantitative estimate of drug-likeness (QED) is 0.818. The molecule has 0 bridgehead atoms. The van der Waals surface area contributed by atoms with E-state index in [0.717, 1.165) is 0 Å². The average molecular weight is 297 g/mol. The molecule has 6 nitrogen and oxygen atoms in total. The second kappa shape index (κ2) is 6.93. The van der Waals surface area contributed by atoms with Gasteiger partial charge in [-0.2, -0.15) is 10.5 Å². The molecule has 1 aliphatic heterocycles. The number of likely N-dealkylation sites (N-methyl/N-ethyl adjacent to an activating group) is 1. The Labute approximate surface area is 130 Å². The van der Waals surface area contributed by atoms with E-state index in [-0.39, 0.29) is 5.91 Å². The van der Waals surface area contributed by atoms with Crippen LogP contribution in [0.25, 0.3) is 0 Å². The van der Waals surface area contributed by atoms with Crippen LogP contribution >= 0.6 is 0 Å². The predicted octanol–water partition coefficient (Wildman–Crippen LogP) is 0.640. The summed E-state index contributed by atoms with van der Waals surface area (Å²) in [5.41, 5.74) is 1.70. The molecule has 2 rings (SSSR count). The van der Waals surface area contributed by atoms with Gasteiger partial charge in [-0.25, -0.2) is 0 Å². The van der Waals surface area contributed by atoms with E-state index in [2.05, 4.69) is 12.1 Å². The van der Waals surface area contributed by atoms with Gasteiger partial charge < -0.3 is 14.7 Å². The first kappa shape index (κ1) is 15.8. The maximum Gasteiger partial charge on any atom is 0.236 e. The number of carbonyl (C=O) groups excluding carboxylic acids is 1. The zero-order valence-corrected chi connectivity index (χ0v) is 12.9. The van der Waals surface area contributed by atoms with Crippen LogP contribution in [0.1, 0.15) is 11.1 Å². The number of benzene rings is 1. The van der Waals surface area contributed by atoms with Crippen molar-refractivity contribution in [3.05, 3.63) is 29.3 Å². The van der Waals surface area contributed by atoms with Gasteiger partial charge in [0.2, 0.25) is 5.91 Å². The highest BCUT2D eigenvalue weighted by atomic mass is 16.2. The summed E-state index contributed by atoms with van der Waals surface area (Å²) in [6.45, 7) is 2.88. The molecule has 0 unspecified atom stereocenters. The molecule has 1 saturated heterocycles. The van der Waals surface area contributed by atoms with Crippen molar-refractivity contribution in [3.8, 4) is 12.1 Å². The van der Waals surface area contributed by atoms with Crippen LogP contribution in [-0.4, -0.2) is 62.5 Å². The van der Waals surface area contributed by atoms with E-state index in [9.17, 15) is 15.3 Å². The molecule has 0 radical (unpaired) electrons. The predicted molar refractivity (Wildman–Crippen MR) is 83.2 cm³/mol. The van der Waals surface area contributed by atoms with E-state index in [1.807, 2.05) is 28.8 Å².